The van der Waals surface area contributed by atoms with Crippen molar-refractivity contribution in [3.05, 3.63) is 0 Å². The van der Waals surface area contributed by atoms with Crippen LogP contribution in [0.3, 0.4) is 0 Å². The van der Waals surface area contributed by atoms with Crippen molar-refractivity contribution in [1.82, 2.24) is 10.2 Å². The smallest absolute Gasteiger partial charge is 0.323 e. The van der Waals surface area contributed by atoms with Crippen LogP contribution in [0.15, 0.2) is 0 Å². The van der Waals surface area contributed by atoms with Crippen LogP contribution in [0, 0.1) is 0 Å². The van der Waals surface area contributed by atoms with Gasteiger partial charge in [0, 0.05) is 12.6 Å². The molecule has 0 aliphatic rings. The topological polar surface area (TPSA) is 122 Å². The molecule has 0 aliphatic carbocycles. The van der Waals surface area contributed by atoms with E-state index in [-0.39, 0.29) is 32.3 Å². The van der Waals surface area contributed by atoms with Gasteiger partial charge in [0.2, 0.25) is 5.91 Å². The number of carboxylic acid groups (broad SMARTS) is 1. The molecular formula is C10H19N3O5. The molecule has 0 rings (SSSR count). The molecule has 0 spiro atoms. The Kier molecular flexibility index (Phi) is 7.45. The number of rotatable bonds is 8. The fourth-order valence-electron chi connectivity index (χ4n) is 1.14. The van der Waals surface area contributed by atoms with Crippen LogP contribution in [0.1, 0.15) is 13.8 Å². The van der Waals surface area contributed by atoms with Crippen LogP contribution in [0.25, 0.3) is 0 Å². The van der Waals surface area contributed by atoms with E-state index in [1.807, 2.05) is 0 Å². The van der Waals surface area contributed by atoms with Crippen molar-refractivity contribution in [2.45, 2.75) is 19.9 Å². The molecule has 0 fully saturated rings. The van der Waals surface area contributed by atoms with E-state index in [0.29, 0.717) is 0 Å². The molecule has 0 saturated carbocycles. The second-order valence-corrected chi connectivity index (χ2v) is 3.87. The molecule has 0 atom stereocenters. The zero-order valence-electron chi connectivity index (χ0n) is 10.5. The first-order valence-electron chi connectivity index (χ1n) is 5.47. The normalized spacial score (nSPS) is 10.2. The summed E-state index contributed by atoms with van der Waals surface area (Å²) in [6.07, 6.45) is 0. The zero-order chi connectivity index (χ0) is 14.1. The fraction of sp³-hybridized carbons (Fsp3) is 0.700. The number of amides is 3. The van der Waals surface area contributed by atoms with E-state index in [1.165, 1.54) is 4.90 Å². The highest BCUT2D eigenvalue weighted by molar-refractivity contribution is 5.80. The third-order valence-electron chi connectivity index (χ3n) is 1.96. The number of hydrogen-bond donors (Lipinski definition) is 3. The van der Waals surface area contributed by atoms with Gasteiger partial charge in [-0.15, -0.1) is 0 Å². The Hall–Kier alpha value is -1.83. The first-order chi connectivity index (χ1) is 8.34. The lowest BCUT2D eigenvalue weighted by molar-refractivity contribution is -0.138. The van der Waals surface area contributed by atoms with Gasteiger partial charge in [0.25, 0.3) is 0 Å². The molecule has 0 bridgehead atoms. The third-order valence-corrected chi connectivity index (χ3v) is 1.96. The Labute approximate surface area is 105 Å². The minimum atomic E-state index is -1.08. The van der Waals surface area contributed by atoms with Crippen molar-refractivity contribution in [3.63, 3.8) is 0 Å². The highest BCUT2D eigenvalue weighted by atomic mass is 16.5. The Bertz CT molecular complexity index is 306. The van der Waals surface area contributed by atoms with E-state index in [2.05, 4.69) is 5.32 Å². The molecule has 0 unspecified atom stereocenters. The number of ether oxygens (including phenoxy) is 1. The van der Waals surface area contributed by atoms with Crippen molar-refractivity contribution < 1.29 is 24.2 Å². The van der Waals surface area contributed by atoms with Gasteiger partial charge in [-0.25, -0.2) is 4.79 Å². The molecule has 104 valence electrons. The van der Waals surface area contributed by atoms with Gasteiger partial charge in [0.05, 0.1) is 6.61 Å². The number of carbonyl (C=O) groups excluding carboxylic acids is 2. The first-order valence-corrected chi connectivity index (χ1v) is 5.47. The van der Waals surface area contributed by atoms with Gasteiger partial charge in [-0.3, -0.25) is 9.59 Å². The van der Waals surface area contributed by atoms with Crippen molar-refractivity contribution in [3.8, 4) is 0 Å². The summed E-state index contributed by atoms with van der Waals surface area (Å²) in [5.74, 6) is -1.67. The summed E-state index contributed by atoms with van der Waals surface area (Å²) in [7, 11) is 0. The number of urea groups is 1. The van der Waals surface area contributed by atoms with Crippen LogP contribution in [-0.4, -0.2) is 60.3 Å². The summed E-state index contributed by atoms with van der Waals surface area (Å²) in [6, 6.07) is -0.720. The molecule has 0 aromatic rings. The number of aliphatic carboxylic acids is 1. The molecule has 0 aromatic heterocycles. The standard InChI is InChI=1S/C10H19N3O5/c1-7(2)13(5-9(15)16)10(17)12-3-4-18-6-8(11)14/h7H,3-6H2,1-2H3,(H2,11,14)(H,12,17)(H,15,16). The summed E-state index contributed by atoms with van der Waals surface area (Å²) < 4.78 is 4.84. The van der Waals surface area contributed by atoms with Crippen LogP contribution >= 0.6 is 0 Å². The van der Waals surface area contributed by atoms with E-state index in [0.717, 1.165) is 0 Å². The van der Waals surface area contributed by atoms with Crippen LogP contribution in [-0.2, 0) is 14.3 Å². The number of nitrogens with zero attached hydrogens (tertiary/aromatic N) is 1. The minimum Gasteiger partial charge on any atom is -0.480 e. The van der Waals surface area contributed by atoms with Crippen LogP contribution in [0.2, 0.25) is 0 Å². The average Bonchev–Trinajstić information content (AvgIpc) is 2.24. The maximum Gasteiger partial charge on any atom is 0.323 e. The maximum atomic E-state index is 11.6. The van der Waals surface area contributed by atoms with E-state index < -0.39 is 17.9 Å². The highest BCUT2D eigenvalue weighted by Gasteiger charge is 2.19. The summed E-state index contributed by atoms with van der Waals surface area (Å²) >= 11 is 0. The number of primary amides is 1. The minimum absolute atomic E-state index is 0.133. The van der Waals surface area contributed by atoms with Crippen molar-refractivity contribution in [2.24, 2.45) is 5.73 Å². The van der Waals surface area contributed by atoms with Gasteiger partial charge in [-0.05, 0) is 13.8 Å². The molecule has 0 aliphatic heterocycles. The molecule has 0 aromatic carbocycles. The highest BCUT2D eigenvalue weighted by Crippen LogP contribution is 1.98. The summed E-state index contributed by atoms with van der Waals surface area (Å²) in [5.41, 5.74) is 4.85. The maximum absolute atomic E-state index is 11.6. The van der Waals surface area contributed by atoms with E-state index in [9.17, 15) is 14.4 Å². The molecule has 4 N–H and O–H groups in total. The van der Waals surface area contributed by atoms with Gasteiger partial charge in [-0.2, -0.15) is 0 Å². The zero-order valence-corrected chi connectivity index (χ0v) is 10.5. The van der Waals surface area contributed by atoms with Crippen molar-refractivity contribution >= 4 is 17.9 Å². The van der Waals surface area contributed by atoms with E-state index in [1.54, 1.807) is 13.8 Å². The third kappa shape index (κ3) is 7.44. The van der Waals surface area contributed by atoms with Crippen LogP contribution < -0.4 is 11.1 Å². The molecule has 0 radical (unpaired) electrons. The molecule has 3 amide bonds. The summed E-state index contributed by atoms with van der Waals surface area (Å²) in [4.78, 5) is 33.7. The SMILES string of the molecule is CC(C)N(CC(=O)O)C(=O)NCCOCC(N)=O. The fourth-order valence-corrected chi connectivity index (χ4v) is 1.14. The number of nitrogens with one attached hydrogen (secondary N) is 1. The van der Waals surface area contributed by atoms with E-state index in [4.69, 9.17) is 15.6 Å². The Morgan fingerprint density at radius 1 is 1.39 bits per heavy atom. The molecule has 8 nitrogen and oxygen atoms in total. The lowest BCUT2D eigenvalue weighted by atomic mass is 10.3. The molecule has 18 heavy (non-hydrogen) atoms. The van der Waals surface area contributed by atoms with Gasteiger partial charge in [0.15, 0.2) is 0 Å². The monoisotopic (exact) mass is 261 g/mol. The average molecular weight is 261 g/mol. The van der Waals surface area contributed by atoms with Crippen molar-refractivity contribution in [2.75, 3.05) is 26.3 Å². The number of carbonyl (C=O) groups is 3. The Morgan fingerprint density at radius 3 is 2.44 bits per heavy atom. The molecule has 0 heterocycles. The lowest BCUT2D eigenvalue weighted by Crippen LogP contribution is -2.47. The van der Waals surface area contributed by atoms with Gasteiger partial charge >= 0.3 is 12.0 Å². The number of nitrogens with two attached hydrogens (primary N) is 1. The quantitative estimate of drug-likeness (QED) is 0.483. The summed E-state index contributed by atoms with van der Waals surface area (Å²) in [5, 5.41) is 11.1. The second-order valence-electron chi connectivity index (χ2n) is 3.87. The molecule has 0 saturated heterocycles. The van der Waals surface area contributed by atoms with Crippen molar-refractivity contribution in [1.29, 1.82) is 0 Å². The Balaban J connectivity index is 3.96. The second kappa shape index (κ2) is 8.29. The van der Waals surface area contributed by atoms with Gasteiger partial charge in [-0.1, -0.05) is 0 Å². The summed E-state index contributed by atoms with van der Waals surface area (Å²) in [6.45, 7) is 3.16. The van der Waals surface area contributed by atoms with Crippen LogP contribution in [0.5, 0.6) is 0 Å². The largest absolute Gasteiger partial charge is 0.480 e. The van der Waals surface area contributed by atoms with Gasteiger partial charge in [0.1, 0.15) is 13.2 Å². The lowest BCUT2D eigenvalue weighted by Gasteiger charge is -2.25. The predicted octanol–water partition coefficient (Wildman–Crippen LogP) is -1.01. The van der Waals surface area contributed by atoms with E-state index >= 15 is 0 Å². The predicted molar refractivity (Wildman–Crippen MR) is 62.9 cm³/mol. The van der Waals surface area contributed by atoms with Crippen LogP contribution in [0.4, 0.5) is 4.79 Å². The Morgan fingerprint density at radius 2 is 2.00 bits per heavy atom. The molecule has 8 heteroatoms. The molecular weight excluding hydrogens is 242 g/mol. The number of hydrogen-bond acceptors (Lipinski definition) is 4. The first kappa shape index (κ1) is 16.2. The number of carboxylic acids is 1. The van der Waals surface area contributed by atoms with Gasteiger partial charge < -0.3 is 25.8 Å².